The van der Waals surface area contributed by atoms with Gasteiger partial charge in [0.1, 0.15) is 6.29 Å². The van der Waals surface area contributed by atoms with E-state index in [1.807, 2.05) is 18.2 Å². The summed E-state index contributed by atoms with van der Waals surface area (Å²) in [5, 5.41) is 0. The van der Waals surface area contributed by atoms with E-state index in [-0.39, 0.29) is 0 Å². The van der Waals surface area contributed by atoms with Crippen molar-refractivity contribution in [2.75, 3.05) is 6.54 Å². The van der Waals surface area contributed by atoms with Gasteiger partial charge in [-0.2, -0.15) is 0 Å². The Bertz CT molecular complexity index is 245. The van der Waals surface area contributed by atoms with Crippen molar-refractivity contribution < 1.29 is 4.79 Å². The third-order valence-electron chi connectivity index (χ3n) is 1.52. The molecule has 2 nitrogen and oxygen atoms in total. The minimum atomic E-state index is 0.627. The Morgan fingerprint density at radius 1 is 1.45 bits per heavy atom. The summed E-state index contributed by atoms with van der Waals surface area (Å²) in [6, 6.07) is 7.49. The van der Waals surface area contributed by atoms with Gasteiger partial charge in [0.05, 0.1) is 0 Å². The van der Waals surface area contributed by atoms with Crippen LogP contribution in [0.4, 0.5) is 0 Å². The number of rotatable bonds is 3. The monoisotopic (exact) mass is 149 g/mol. The lowest BCUT2D eigenvalue weighted by molar-refractivity contribution is 0.112. The Hall–Kier alpha value is -1.15. The molecule has 0 amide bonds. The van der Waals surface area contributed by atoms with Gasteiger partial charge in [-0.05, 0) is 24.6 Å². The van der Waals surface area contributed by atoms with E-state index < -0.39 is 0 Å². The first-order valence-electron chi connectivity index (χ1n) is 3.61. The molecule has 0 aliphatic rings. The van der Waals surface area contributed by atoms with Gasteiger partial charge in [-0.1, -0.05) is 18.2 Å². The summed E-state index contributed by atoms with van der Waals surface area (Å²) < 4.78 is 0. The van der Waals surface area contributed by atoms with Gasteiger partial charge in [-0.15, -0.1) is 0 Å². The summed E-state index contributed by atoms with van der Waals surface area (Å²) in [6.45, 7) is 0.627. The summed E-state index contributed by atoms with van der Waals surface area (Å²) in [4.78, 5) is 10.3. The van der Waals surface area contributed by atoms with Crippen LogP contribution in [0.2, 0.25) is 0 Å². The predicted molar refractivity (Wildman–Crippen MR) is 44.6 cm³/mol. The van der Waals surface area contributed by atoms with Crippen LogP contribution in [0.3, 0.4) is 0 Å². The molecule has 0 radical (unpaired) electrons. The fraction of sp³-hybridized carbons (Fsp3) is 0.222. The van der Waals surface area contributed by atoms with Gasteiger partial charge in [-0.25, -0.2) is 0 Å². The SMILES string of the molecule is NCCc1cccc(C=O)c1. The summed E-state index contributed by atoms with van der Waals surface area (Å²) >= 11 is 0. The van der Waals surface area contributed by atoms with Gasteiger partial charge in [-0.3, -0.25) is 4.79 Å². The Labute approximate surface area is 66.0 Å². The molecule has 0 bridgehead atoms. The molecule has 2 heteroatoms. The molecule has 0 atom stereocenters. The van der Waals surface area contributed by atoms with Gasteiger partial charge >= 0.3 is 0 Å². The number of nitrogens with two attached hydrogens (primary N) is 1. The van der Waals surface area contributed by atoms with Crippen LogP contribution in [0.15, 0.2) is 24.3 Å². The van der Waals surface area contributed by atoms with Crippen LogP contribution >= 0.6 is 0 Å². The van der Waals surface area contributed by atoms with Crippen molar-refractivity contribution in [2.45, 2.75) is 6.42 Å². The molecule has 0 saturated carbocycles. The highest BCUT2D eigenvalue weighted by Gasteiger charge is 1.92. The molecule has 58 valence electrons. The van der Waals surface area contributed by atoms with E-state index in [0.717, 1.165) is 23.8 Å². The van der Waals surface area contributed by atoms with E-state index in [4.69, 9.17) is 5.73 Å². The number of aldehydes is 1. The van der Waals surface area contributed by atoms with Gasteiger partial charge in [0.2, 0.25) is 0 Å². The Balaban J connectivity index is 2.82. The fourth-order valence-corrected chi connectivity index (χ4v) is 0.989. The molecule has 0 aliphatic heterocycles. The standard InChI is InChI=1S/C9H11NO/c10-5-4-8-2-1-3-9(6-8)7-11/h1-3,6-7H,4-5,10H2. The third kappa shape index (κ3) is 2.16. The molecule has 0 spiro atoms. The van der Waals surface area contributed by atoms with E-state index >= 15 is 0 Å². The zero-order valence-corrected chi connectivity index (χ0v) is 6.29. The maximum atomic E-state index is 10.3. The average molecular weight is 149 g/mol. The topological polar surface area (TPSA) is 43.1 Å². The normalized spacial score (nSPS) is 9.55. The highest BCUT2D eigenvalue weighted by molar-refractivity contribution is 5.74. The molecule has 0 aromatic heterocycles. The first kappa shape index (κ1) is 7.95. The average Bonchev–Trinajstić information content (AvgIpc) is 2.06. The Morgan fingerprint density at radius 2 is 2.27 bits per heavy atom. The molecule has 0 fully saturated rings. The highest BCUT2D eigenvalue weighted by Crippen LogP contribution is 2.02. The molecular weight excluding hydrogens is 138 g/mol. The summed E-state index contributed by atoms with van der Waals surface area (Å²) in [5.41, 5.74) is 7.20. The van der Waals surface area contributed by atoms with Crippen molar-refractivity contribution in [1.29, 1.82) is 0 Å². The van der Waals surface area contributed by atoms with Crippen LogP contribution in [0.25, 0.3) is 0 Å². The smallest absolute Gasteiger partial charge is 0.150 e. The second-order valence-electron chi connectivity index (χ2n) is 2.40. The second kappa shape index (κ2) is 3.88. The van der Waals surface area contributed by atoms with Crippen LogP contribution in [0.1, 0.15) is 15.9 Å². The highest BCUT2D eigenvalue weighted by atomic mass is 16.1. The van der Waals surface area contributed by atoms with Crippen molar-refractivity contribution in [1.82, 2.24) is 0 Å². The van der Waals surface area contributed by atoms with Crippen molar-refractivity contribution in [3.8, 4) is 0 Å². The first-order chi connectivity index (χ1) is 5.36. The minimum Gasteiger partial charge on any atom is -0.330 e. The summed E-state index contributed by atoms with van der Waals surface area (Å²) in [7, 11) is 0. The van der Waals surface area contributed by atoms with Gasteiger partial charge < -0.3 is 5.73 Å². The van der Waals surface area contributed by atoms with E-state index in [1.165, 1.54) is 0 Å². The van der Waals surface area contributed by atoms with Crippen molar-refractivity contribution in [2.24, 2.45) is 5.73 Å². The quantitative estimate of drug-likeness (QED) is 0.651. The van der Waals surface area contributed by atoms with E-state index in [9.17, 15) is 4.79 Å². The Morgan fingerprint density at radius 3 is 2.91 bits per heavy atom. The molecule has 0 aliphatic carbocycles. The largest absolute Gasteiger partial charge is 0.330 e. The second-order valence-corrected chi connectivity index (χ2v) is 2.40. The first-order valence-corrected chi connectivity index (χ1v) is 3.61. The third-order valence-corrected chi connectivity index (χ3v) is 1.52. The molecule has 11 heavy (non-hydrogen) atoms. The predicted octanol–water partition coefficient (Wildman–Crippen LogP) is 1.00. The fourth-order valence-electron chi connectivity index (χ4n) is 0.989. The molecule has 1 aromatic carbocycles. The molecular formula is C9H11NO. The number of carbonyl (C=O) groups is 1. The lowest BCUT2D eigenvalue weighted by Gasteiger charge is -1.97. The number of carbonyl (C=O) groups excluding carboxylic acids is 1. The molecule has 1 rings (SSSR count). The van der Waals surface area contributed by atoms with E-state index in [0.29, 0.717) is 6.54 Å². The van der Waals surface area contributed by atoms with Crippen molar-refractivity contribution >= 4 is 6.29 Å². The van der Waals surface area contributed by atoms with Crippen LogP contribution in [-0.2, 0) is 6.42 Å². The van der Waals surface area contributed by atoms with E-state index in [2.05, 4.69) is 0 Å². The Kier molecular flexibility index (Phi) is 2.81. The zero-order valence-electron chi connectivity index (χ0n) is 6.29. The molecule has 1 aromatic rings. The summed E-state index contributed by atoms with van der Waals surface area (Å²) in [5.74, 6) is 0. The molecule has 0 saturated heterocycles. The van der Waals surface area contributed by atoms with E-state index in [1.54, 1.807) is 6.07 Å². The van der Waals surface area contributed by atoms with Crippen LogP contribution < -0.4 is 5.73 Å². The van der Waals surface area contributed by atoms with Crippen LogP contribution in [0, 0.1) is 0 Å². The van der Waals surface area contributed by atoms with Gasteiger partial charge in [0.15, 0.2) is 0 Å². The van der Waals surface area contributed by atoms with Gasteiger partial charge in [0, 0.05) is 5.56 Å². The number of benzene rings is 1. The lowest BCUT2D eigenvalue weighted by Crippen LogP contribution is -2.02. The molecule has 2 N–H and O–H groups in total. The molecule has 0 unspecified atom stereocenters. The van der Waals surface area contributed by atoms with Crippen LogP contribution in [-0.4, -0.2) is 12.8 Å². The van der Waals surface area contributed by atoms with Crippen molar-refractivity contribution in [3.63, 3.8) is 0 Å². The van der Waals surface area contributed by atoms with Crippen LogP contribution in [0.5, 0.6) is 0 Å². The van der Waals surface area contributed by atoms with Crippen molar-refractivity contribution in [3.05, 3.63) is 35.4 Å². The number of hydrogen-bond donors (Lipinski definition) is 1. The lowest BCUT2D eigenvalue weighted by atomic mass is 10.1. The maximum Gasteiger partial charge on any atom is 0.150 e. The minimum absolute atomic E-state index is 0.627. The molecule has 0 heterocycles. The zero-order chi connectivity index (χ0) is 8.10. The summed E-state index contributed by atoms with van der Waals surface area (Å²) in [6.07, 6.45) is 1.68. The maximum absolute atomic E-state index is 10.3. The van der Waals surface area contributed by atoms with Gasteiger partial charge in [0.25, 0.3) is 0 Å². The number of hydrogen-bond acceptors (Lipinski definition) is 2.